The summed E-state index contributed by atoms with van der Waals surface area (Å²) in [4.78, 5) is 4.02. The predicted octanol–water partition coefficient (Wildman–Crippen LogP) is 2.83. The highest BCUT2D eigenvalue weighted by Crippen LogP contribution is 2.20. The van der Waals surface area contributed by atoms with E-state index in [4.69, 9.17) is 0 Å². The first-order chi connectivity index (χ1) is 8.66. The predicted molar refractivity (Wildman–Crippen MR) is 73.9 cm³/mol. The first kappa shape index (κ1) is 11.9. The van der Waals surface area contributed by atoms with Gasteiger partial charge in [0.2, 0.25) is 0 Å². The van der Waals surface area contributed by atoms with Crippen LogP contribution in [0.25, 0.3) is 5.57 Å². The first-order valence-corrected chi connectivity index (χ1v) is 5.49. The number of aromatic nitrogens is 3. The number of rotatable bonds is 5. The van der Waals surface area contributed by atoms with Gasteiger partial charge in [-0.1, -0.05) is 13.2 Å². The van der Waals surface area contributed by atoms with Gasteiger partial charge in [0.25, 0.3) is 0 Å². The third-order valence-electron chi connectivity index (χ3n) is 2.31. The maximum absolute atomic E-state index is 4.02. The summed E-state index contributed by atoms with van der Waals surface area (Å²) in [7, 11) is 0. The van der Waals surface area contributed by atoms with E-state index >= 15 is 0 Å². The molecule has 0 aliphatic carbocycles. The number of nitrogens with one attached hydrogen (secondary N) is 3. The van der Waals surface area contributed by atoms with Crippen LogP contribution in [0.4, 0.5) is 11.4 Å². The Morgan fingerprint density at radius 1 is 1.28 bits per heavy atom. The third-order valence-corrected chi connectivity index (χ3v) is 2.31. The molecule has 3 N–H and O–H groups in total. The summed E-state index contributed by atoms with van der Waals surface area (Å²) < 4.78 is 0. The van der Waals surface area contributed by atoms with Gasteiger partial charge >= 0.3 is 0 Å². The molecule has 0 fully saturated rings. The van der Waals surface area contributed by atoms with E-state index in [-0.39, 0.29) is 0 Å². The lowest BCUT2D eigenvalue weighted by Crippen LogP contribution is -2.08. The summed E-state index contributed by atoms with van der Waals surface area (Å²) in [6.45, 7) is 9.69. The Kier molecular flexibility index (Phi) is 3.43. The molecule has 0 aromatic carbocycles. The normalized spacial score (nSPS) is 9.83. The van der Waals surface area contributed by atoms with Crippen LogP contribution in [0.3, 0.4) is 0 Å². The maximum Gasteiger partial charge on any atom is 0.100 e. The van der Waals surface area contributed by atoms with Crippen molar-refractivity contribution in [2.75, 3.05) is 10.6 Å². The second kappa shape index (κ2) is 5.18. The molecule has 5 nitrogen and oxygen atoms in total. The number of hydrogen-bond acceptors (Lipinski definition) is 4. The van der Waals surface area contributed by atoms with Gasteiger partial charge in [-0.3, -0.25) is 10.1 Å². The Bertz CT molecular complexity index is 556. The second-order valence-corrected chi connectivity index (χ2v) is 3.91. The Labute approximate surface area is 106 Å². The van der Waals surface area contributed by atoms with Gasteiger partial charge < -0.3 is 10.6 Å². The van der Waals surface area contributed by atoms with Crippen molar-refractivity contribution < 1.29 is 0 Å². The number of anilines is 2. The molecule has 0 spiro atoms. The van der Waals surface area contributed by atoms with Gasteiger partial charge in [-0.15, -0.1) is 0 Å². The smallest absolute Gasteiger partial charge is 0.100 e. The van der Waals surface area contributed by atoms with Crippen molar-refractivity contribution in [2.45, 2.75) is 6.92 Å². The summed E-state index contributed by atoms with van der Waals surface area (Å²) in [5.41, 5.74) is 3.48. The van der Waals surface area contributed by atoms with Crippen molar-refractivity contribution in [2.24, 2.45) is 0 Å². The molecule has 5 heteroatoms. The number of H-pyrrole nitrogens is 1. The van der Waals surface area contributed by atoms with Gasteiger partial charge in [0.05, 0.1) is 29.5 Å². The molecule has 2 aromatic rings. The molecule has 0 aliphatic rings. The number of nitrogens with zero attached hydrogens (tertiary/aromatic N) is 2. The first-order valence-electron chi connectivity index (χ1n) is 5.49. The minimum absolute atomic E-state index is 0.645. The molecule has 92 valence electrons. The molecule has 0 amide bonds. The molecular formula is C13H15N5. The van der Waals surface area contributed by atoms with Crippen molar-refractivity contribution in [1.82, 2.24) is 15.2 Å². The average molecular weight is 241 g/mol. The Morgan fingerprint density at radius 3 is 2.78 bits per heavy atom. The Balaban J connectivity index is 2.04. The van der Waals surface area contributed by atoms with E-state index in [9.17, 15) is 0 Å². The fraction of sp³-hybridized carbons (Fsp3) is 0.0769. The standard InChI is InChI=1S/C13H15N5/c1-9(2)13-12(8-15-18-13)17-10(3)16-11-5-4-6-14-7-11/h4-8,16-17H,1,3H2,2H3,(H,15,18). The highest BCUT2D eigenvalue weighted by atomic mass is 15.2. The topological polar surface area (TPSA) is 65.6 Å². The number of allylic oxidation sites excluding steroid dienone is 1. The lowest BCUT2D eigenvalue weighted by molar-refractivity contribution is 1.07. The van der Waals surface area contributed by atoms with E-state index in [0.717, 1.165) is 22.6 Å². The van der Waals surface area contributed by atoms with Gasteiger partial charge in [0.15, 0.2) is 0 Å². The van der Waals surface area contributed by atoms with Crippen molar-refractivity contribution in [3.8, 4) is 0 Å². The summed E-state index contributed by atoms with van der Waals surface area (Å²) in [5, 5.41) is 13.1. The lowest BCUT2D eigenvalue weighted by Gasteiger charge is -2.11. The van der Waals surface area contributed by atoms with Crippen LogP contribution in [0.2, 0.25) is 0 Å². The minimum Gasteiger partial charge on any atom is -0.341 e. The zero-order valence-corrected chi connectivity index (χ0v) is 10.2. The maximum atomic E-state index is 4.02. The van der Waals surface area contributed by atoms with Crippen LogP contribution in [0.1, 0.15) is 12.6 Å². The largest absolute Gasteiger partial charge is 0.341 e. The number of hydrogen-bond donors (Lipinski definition) is 3. The molecule has 0 unspecified atom stereocenters. The van der Waals surface area contributed by atoms with Crippen LogP contribution < -0.4 is 10.6 Å². The molecule has 18 heavy (non-hydrogen) atoms. The molecule has 0 aliphatic heterocycles. The third kappa shape index (κ3) is 2.76. The van der Waals surface area contributed by atoms with Crippen LogP contribution in [0.5, 0.6) is 0 Å². The monoisotopic (exact) mass is 241 g/mol. The van der Waals surface area contributed by atoms with Gasteiger partial charge in [-0.25, -0.2) is 0 Å². The van der Waals surface area contributed by atoms with E-state index in [1.807, 2.05) is 19.1 Å². The van der Waals surface area contributed by atoms with Crippen LogP contribution >= 0.6 is 0 Å². The van der Waals surface area contributed by atoms with E-state index in [0.29, 0.717) is 5.82 Å². The van der Waals surface area contributed by atoms with Gasteiger partial charge in [-0.2, -0.15) is 5.10 Å². The molecule has 0 radical (unpaired) electrons. The SMILES string of the molecule is C=C(Nc1cccnc1)Nc1cn[nH]c1C(=C)C. The molecule has 0 bridgehead atoms. The zero-order chi connectivity index (χ0) is 13.0. The number of pyridine rings is 1. The van der Waals surface area contributed by atoms with E-state index in [1.54, 1.807) is 18.6 Å². The van der Waals surface area contributed by atoms with Gasteiger partial charge in [0.1, 0.15) is 5.82 Å². The molecule has 0 saturated carbocycles. The van der Waals surface area contributed by atoms with Crippen molar-refractivity contribution >= 4 is 16.9 Å². The fourth-order valence-corrected chi connectivity index (χ4v) is 1.51. The Morgan fingerprint density at radius 2 is 2.11 bits per heavy atom. The summed E-state index contributed by atoms with van der Waals surface area (Å²) in [6.07, 6.45) is 5.14. The van der Waals surface area contributed by atoms with Crippen LogP contribution in [0.15, 0.2) is 49.7 Å². The highest BCUT2D eigenvalue weighted by Gasteiger charge is 2.06. The van der Waals surface area contributed by atoms with Gasteiger partial charge in [0, 0.05) is 6.20 Å². The lowest BCUT2D eigenvalue weighted by atomic mass is 10.2. The summed E-state index contributed by atoms with van der Waals surface area (Å²) >= 11 is 0. The van der Waals surface area contributed by atoms with E-state index in [1.165, 1.54) is 0 Å². The van der Waals surface area contributed by atoms with Crippen LogP contribution in [-0.4, -0.2) is 15.2 Å². The van der Waals surface area contributed by atoms with Gasteiger partial charge in [-0.05, 0) is 24.6 Å². The van der Waals surface area contributed by atoms with E-state index in [2.05, 4.69) is 39.0 Å². The van der Waals surface area contributed by atoms with Crippen molar-refractivity contribution in [1.29, 1.82) is 0 Å². The molecule has 0 saturated heterocycles. The Hall–Kier alpha value is -2.56. The zero-order valence-electron chi connectivity index (χ0n) is 10.2. The fourth-order valence-electron chi connectivity index (χ4n) is 1.51. The summed E-state index contributed by atoms with van der Waals surface area (Å²) in [5.74, 6) is 0.645. The molecule has 2 heterocycles. The van der Waals surface area contributed by atoms with Crippen LogP contribution in [-0.2, 0) is 0 Å². The van der Waals surface area contributed by atoms with Crippen LogP contribution in [0, 0.1) is 0 Å². The molecule has 2 aromatic heterocycles. The minimum atomic E-state index is 0.645. The quantitative estimate of drug-likeness (QED) is 0.753. The van der Waals surface area contributed by atoms with Crippen molar-refractivity contribution in [3.63, 3.8) is 0 Å². The average Bonchev–Trinajstić information content (AvgIpc) is 2.78. The van der Waals surface area contributed by atoms with Crippen molar-refractivity contribution in [3.05, 3.63) is 55.4 Å². The highest BCUT2D eigenvalue weighted by molar-refractivity contribution is 5.71. The van der Waals surface area contributed by atoms with E-state index < -0.39 is 0 Å². The molecule has 2 rings (SSSR count). The molecule has 0 atom stereocenters. The molecular weight excluding hydrogens is 226 g/mol. The second-order valence-electron chi connectivity index (χ2n) is 3.91. The summed E-state index contributed by atoms with van der Waals surface area (Å²) in [6, 6.07) is 3.77. The number of aromatic amines is 1.